The van der Waals surface area contributed by atoms with Gasteiger partial charge in [-0.2, -0.15) is 0 Å². The second kappa shape index (κ2) is 5.74. The number of nitrogens with zero attached hydrogens (tertiary/aromatic N) is 4. The molecule has 2 unspecified atom stereocenters. The third-order valence-electron chi connectivity index (χ3n) is 6.58. The molecule has 3 fully saturated rings. The molecule has 1 N–H and O–H groups in total. The van der Waals surface area contributed by atoms with Gasteiger partial charge in [-0.15, -0.1) is 0 Å². The molecule has 5 rings (SSSR count). The first-order valence-corrected chi connectivity index (χ1v) is 9.43. The summed E-state index contributed by atoms with van der Waals surface area (Å²) >= 11 is 0. The molecule has 0 aliphatic carbocycles. The zero-order valence-electron chi connectivity index (χ0n) is 14.5. The van der Waals surface area contributed by atoms with Crippen molar-refractivity contribution in [3.63, 3.8) is 0 Å². The highest BCUT2D eigenvalue weighted by molar-refractivity contribution is 5.77. The number of para-hydroxylation sites is 2. The minimum absolute atomic E-state index is 0.802. The highest BCUT2D eigenvalue weighted by atomic mass is 15.3. The van der Waals surface area contributed by atoms with Crippen LogP contribution in [-0.4, -0.2) is 71.1 Å². The standard InChI is InChI=1S/C19H27N5/c1-22-14-6-7-15(22)13-16(12-14)23-8-10-24(11-9-23)19-20-17-4-2-3-5-18(17)21-19/h2-5,14-16H,6-13H2,1H3,(H,20,21). The monoisotopic (exact) mass is 325 g/mol. The molecule has 5 heteroatoms. The average Bonchev–Trinajstić information content (AvgIpc) is 3.11. The summed E-state index contributed by atoms with van der Waals surface area (Å²) in [5.41, 5.74) is 2.21. The maximum atomic E-state index is 4.76. The van der Waals surface area contributed by atoms with Crippen LogP contribution in [0.15, 0.2) is 24.3 Å². The van der Waals surface area contributed by atoms with Gasteiger partial charge in [0.1, 0.15) is 0 Å². The van der Waals surface area contributed by atoms with Gasteiger partial charge in [-0.1, -0.05) is 12.1 Å². The Bertz CT molecular complexity index is 670. The summed E-state index contributed by atoms with van der Waals surface area (Å²) in [6, 6.07) is 10.8. The summed E-state index contributed by atoms with van der Waals surface area (Å²) < 4.78 is 0. The molecule has 0 radical (unpaired) electrons. The van der Waals surface area contributed by atoms with Gasteiger partial charge in [-0.05, 0) is 44.9 Å². The summed E-state index contributed by atoms with van der Waals surface area (Å²) in [5.74, 6) is 1.04. The third-order valence-corrected chi connectivity index (χ3v) is 6.58. The number of nitrogens with one attached hydrogen (secondary N) is 1. The van der Waals surface area contributed by atoms with Crippen LogP contribution in [0.5, 0.6) is 0 Å². The van der Waals surface area contributed by atoms with Crippen LogP contribution >= 0.6 is 0 Å². The number of benzene rings is 1. The zero-order valence-corrected chi connectivity index (χ0v) is 14.5. The Labute approximate surface area is 143 Å². The van der Waals surface area contributed by atoms with Crippen LogP contribution in [0.1, 0.15) is 25.7 Å². The summed E-state index contributed by atoms with van der Waals surface area (Å²) in [6.07, 6.45) is 5.57. The molecular weight excluding hydrogens is 298 g/mol. The molecule has 2 atom stereocenters. The van der Waals surface area contributed by atoms with E-state index in [-0.39, 0.29) is 0 Å². The van der Waals surface area contributed by atoms with E-state index in [2.05, 4.69) is 51.0 Å². The number of H-pyrrole nitrogens is 1. The van der Waals surface area contributed by atoms with Crippen molar-refractivity contribution in [3.8, 4) is 0 Å². The van der Waals surface area contributed by atoms with E-state index in [4.69, 9.17) is 4.98 Å². The zero-order chi connectivity index (χ0) is 16.1. The number of anilines is 1. The fourth-order valence-corrected chi connectivity index (χ4v) is 5.07. The Morgan fingerprint density at radius 1 is 0.958 bits per heavy atom. The number of rotatable bonds is 2. The summed E-state index contributed by atoms with van der Waals surface area (Å²) in [7, 11) is 2.33. The quantitative estimate of drug-likeness (QED) is 0.920. The Kier molecular flexibility index (Phi) is 3.52. The van der Waals surface area contributed by atoms with E-state index in [0.29, 0.717) is 0 Å². The predicted octanol–water partition coefficient (Wildman–Crippen LogP) is 2.31. The van der Waals surface area contributed by atoms with Gasteiger partial charge < -0.3 is 14.8 Å². The molecular formula is C19H27N5. The number of piperazine rings is 1. The minimum atomic E-state index is 0.802. The molecule has 1 aromatic heterocycles. The van der Waals surface area contributed by atoms with E-state index in [1.54, 1.807) is 0 Å². The maximum Gasteiger partial charge on any atom is 0.203 e. The Balaban J connectivity index is 1.24. The lowest BCUT2D eigenvalue weighted by atomic mass is 9.96. The predicted molar refractivity (Wildman–Crippen MR) is 97.5 cm³/mol. The average molecular weight is 325 g/mol. The van der Waals surface area contributed by atoms with Gasteiger partial charge >= 0.3 is 0 Å². The molecule has 0 saturated carbocycles. The van der Waals surface area contributed by atoms with E-state index < -0.39 is 0 Å². The Morgan fingerprint density at radius 2 is 1.67 bits per heavy atom. The van der Waals surface area contributed by atoms with Crippen molar-refractivity contribution in [3.05, 3.63) is 24.3 Å². The van der Waals surface area contributed by atoms with Crippen LogP contribution in [0.2, 0.25) is 0 Å². The topological polar surface area (TPSA) is 38.4 Å². The van der Waals surface area contributed by atoms with Crippen molar-refractivity contribution >= 4 is 17.0 Å². The number of aromatic amines is 1. The van der Waals surface area contributed by atoms with Crippen molar-refractivity contribution in [2.75, 3.05) is 38.1 Å². The van der Waals surface area contributed by atoms with Gasteiger partial charge in [0.05, 0.1) is 11.0 Å². The molecule has 4 heterocycles. The largest absolute Gasteiger partial charge is 0.340 e. The van der Waals surface area contributed by atoms with Gasteiger partial charge in [-0.25, -0.2) is 4.98 Å². The van der Waals surface area contributed by atoms with E-state index in [0.717, 1.165) is 48.2 Å². The first-order chi connectivity index (χ1) is 11.8. The Hall–Kier alpha value is -1.59. The second-order valence-corrected chi connectivity index (χ2v) is 7.78. The Morgan fingerprint density at radius 3 is 2.38 bits per heavy atom. The molecule has 3 aliphatic rings. The van der Waals surface area contributed by atoms with E-state index in [9.17, 15) is 0 Å². The number of piperidine rings is 1. The number of imidazole rings is 1. The lowest BCUT2D eigenvalue weighted by molar-refractivity contribution is 0.0718. The highest BCUT2D eigenvalue weighted by Crippen LogP contribution is 2.36. The lowest BCUT2D eigenvalue weighted by Gasteiger charge is -2.45. The van der Waals surface area contributed by atoms with E-state index in [1.165, 1.54) is 38.8 Å². The first kappa shape index (κ1) is 14.7. The number of aromatic nitrogens is 2. The molecule has 3 aliphatic heterocycles. The fraction of sp³-hybridized carbons (Fsp3) is 0.632. The third kappa shape index (κ3) is 2.42. The van der Waals surface area contributed by atoms with Crippen LogP contribution < -0.4 is 4.90 Å². The van der Waals surface area contributed by atoms with Gasteiger partial charge in [0.15, 0.2) is 0 Å². The van der Waals surface area contributed by atoms with Gasteiger partial charge in [0.25, 0.3) is 0 Å². The van der Waals surface area contributed by atoms with Crippen LogP contribution in [0.3, 0.4) is 0 Å². The van der Waals surface area contributed by atoms with Crippen molar-refractivity contribution < 1.29 is 0 Å². The summed E-state index contributed by atoms with van der Waals surface area (Å²) in [5, 5.41) is 0. The molecule has 3 saturated heterocycles. The van der Waals surface area contributed by atoms with Crippen molar-refractivity contribution in [1.82, 2.24) is 19.8 Å². The molecule has 128 valence electrons. The molecule has 1 aromatic carbocycles. The molecule has 24 heavy (non-hydrogen) atoms. The highest BCUT2D eigenvalue weighted by Gasteiger charge is 2.40. The van der Waals surface area contributed by atoms with E-state index >= 15 is 0 Å². The van der Waals surface area contributed by atoms with Crippen molar-refractivity contribution in [2.24, 2.45) is 0 Å². The van der Waals surface area contributed by atoms with Gasteiger partial charge in [0, 0.05) is 44.3 Å². The van der Waals surface area contributed by atoms with E-state index in [1.807, 2.05) is 0 Å². The molecule has 5 nitrogen and oxygen atoms in total. The van der Waals surface area contributed by atoms with Crippen molar-refractivity contribution in [1.29, 1.82) is 0 Å². The van der Waals surface area contributed by atoms with Crippen LogP contribution in [0.4, 0.5) is 5.95 Å². The number of fused-ring (bicyclic) bond motifs is 3. The summed E-state index contributed by atoms with van der Waals surface area (Å²) in [6.45, 7) is 4.51. The number of hydrogen-bond donors (Lipinski definition) is 1. The normalized spacial score (nSPS) is 31.9. The van der Waals surface area contributed by atoms with Crippen LogP contribution in [0.25, 0.3) is 11.0 Å². The van der Waals surface area contributed by atoms with Crippen LogP contribution in [0, 0.1) is 0 Å². The van der Waals surface area contributed by atoms with Gasteiger partial charge in [-0.3, -0.25) is 4.90 Å². The molecule has 2 bridgehead atoms. The maximum absolute atomic E-state index is 4.76. The fourth-order valence-electron chi connectivity index (χ4n) is 5.07. The van der Waals surface area contributed by atoms with Crippen molar-refractivity contribution in [2.45, 2.75) is 43.8 Å². The SMILES string of the molecule is CN1C2CCC1CC(N1CCN(c3nc4ccccc4[nH]3)CC1)C2. The number of hydrogen-bond acceptors (Lipinski definition) is 4. The lowest BCUT2D eigenvalue weighted by Crippen LogP contribution is -2.55. The van der Waals surface area contributed by atoms with Crippen LogP contribution in [-0.2, 0) is 0 Å². The molecule has 0 amide bonds. The molecule has 2 aromatic rings. The van der Waals surface area contributed by atoms with Gasteiger partial charge in [0.2, 0.25) is 5.95 Å². The smallest absolute Gasteiger partial charge is 0.203 e. The summed E-state index contributed by atoms with van der Waals surface area (Å²) in [4.78, 5) is 16.0. The molecule has 0 spiro atoms. The second-order valence-electron chi connectivity index (χ2n) is 7.78. The first-order valence-electron chi connectivity index (χ1n) is 9.43. The minimum Gasteiger partial charge on any atom is -0.340 e.